The molecule has 2 aliphatic heterocycles. The fourth-order valence-electron chi connectivity index (χ4n) is 3.92. The lowest BCUT2D eigenvalue weighted by Crippen LogP contribution is -2.64. The van der Waals surface area contributed by atoms with Gasteiger partial charge in [0.15, 0.2) is 5.82 Å². The summed E-state index contributed by atoms with van der Waals surface area (Å²) in [4.78, 5) is 33.4. The Kier molecular flexibility index (Phi) is 5.74. The summed E-state index contributed by atoms with van der Waals surface area (Å²) < 4.78 is 18.9. The van der Waals surface area contributed by atoms with E-state index in [0.717, 1.165) is 5.56 Å². The molecule has 1 spiro atoms. The Bertz CT molecular complexity index is 926. The predicted octanol–water partition coefficient (Wildman–Crippen LogP) is 0.699. The second kappa shape index (κ2) is 8.45. The van der Waals surface area contributed by atoms with E-state index < -0.39 is 5.79 Å². The van der Waals surface area contributed by atoms with Crippen molar-refractivity contribution in [3.8, 4) is 5.75 Å². The maximum atomic E-state index is 13.0. The molecule has 3 heterocycles. The first-order valence-corrected chi connectivity index (χ1v) is 9.95. The van der Waals surface area contributed by atoms with Crippen LogP contribution in [0.2, 0.25) is 0 Å². The molecule has 30 heavy (non-hydrogen) atoms. The van der Waals surface area contributed by atoms with E-state index in [1.807, 2.05) is 24.3 Å². The summed E-state index contributed by atoms with van der Waals surface area (Å²) in [5.41, 5.74) is 0.835. The van der Waals surface area contributed by atoms with E-state index in [2.05, 4.69) is 4.98 Å². The van der Waals surface area contributed by atoms with Gasteiger partial charge in [0.25, 0.3) is 5.91 Å². The fourth-order valence-corrected chi connectivity index (χ4v) is 3.92. The lowest BCUT2D eigenvalue weighted by Gasteiger charge is -2.47. The van der Waals surface area contributed by atoms with Crippen molar-refractivity contribution in [2.24, 2.45) is 7.05 Å². The van der Waals surface area contributed by atoms with Crippen molar-refractivity contribution >= 4 is 11.8 Å². The monoisotopic (exact) mass is 414 g/mol. The number of para-hydroxylation sites is 1. The highest BCUT2D eigenvalue weighted by Gasteiger charge is 2.44. The summed E-state index contributed by atoms with van der Waals surface area (Å²) in [6.07, 6.45) is 3.56. The van der Waals surface area contributed by atoms with Gasteiger partial charge in [0, 0.05) is 38.1 Å². The van der Waals surface area contributed by atoms with Crippen LogP contribution in [0.25, 0.3) is 0 Å². The number of benzene rings is 1. The average Bonchev–Trinajstić information content (AvgIpc) is 3.19. The van der Waals surface area contributed by atoms with Crippen molar-refractivity contribution in [2.45, 2.75) is 12.2 Å². The van der Waals surface area contributed by atoms with Gasteiger partial charge in [-0.2, -0.15) is 0 Å². The van der Waals surface area contributed by atoms with Crippen molar-refractivity contribution in [3.63, 3.8) is 0 Å². The molecule has 9 nitrogen and oxygen atoms in total. The van der Waals surface area contributed by atoms with Crippen LogP contribution in [0.3, 0.4) is 0 Å². The number of aromatic nitrogens is 2. The summed E-state index contributed by atoms with van der Waals surface area (Å²) in [5.74, 6) is -0.167. The molecule has 2 amide bonds. The summed E-state index contributed by atoms with van der Waals surface area (Å²) >= 11 is 0. The molecular weight excluding hydrogens is 388 g/mol. The van der Waals surface area contributed by atoms with Gasteiger partial charge in [-0.3, -0.25) is 9.59 Å². The van der Waals surface area contributed by atoms with Crippen molar-refractivity contribution in [1.82, 2.24) is 19.4 Å². The number of nitrogens with zero attached hydrogens (tertiary/aromatic N) is 4. The molecule has 160 valence electrons. The highest BCUT2D eigenvalue weighted by atomic mass is 16.7. The first kappa shape index (κ1) is 20.4. The number of morpholine rings is 2. The van der Waals surface area contributed by atoms with Crippen LogP contribution in [0.4, 0.5) is 0 Å². The van der Waals surface area contributed by atoms with Gasteiger partial charge >= 0.3 is 0 Å². The van der Waals surface area contributed by atoms with Gasteiger partial charge < -0.3 is 28.6 Å². The number of hydrogen-bond acceptors (Lipinski definition) is 6. The van der Waals surface area contributed by atoms with Gasteiger partial charge in [0.05, 0.1) is 39.8 Å². The van der Waals surface area contributed by atoms with Gasteiger partial charge in [-0.1, -0.05) is 18.2 Å². The van der Waals surface area contributed by atoms with E-state index >= 15 is 0 Å². The molecule has 0 saturated carbocycles. The van der Waals surface area contributed by atoms with Crippen molar-refractivity contribution in [3.05, 3.63) is 48.0 Å². The molecule has 9 heteroatoms. The van der Waals surface area contributed by atoms with E-state index in [9.17, 15) is 9.59 Å². The van der Waals surface area contributed by atoms with Gasteiger partial charge in [-0.15, -0.1) is 0 Å². The summed E-state index contributed by atoms with van der Waals surface area (Å²) in [6, 6.07) is 7.49. The Labute approximate surface area is 175 Å². The maximum Gasteiger partial charge on any atom is 0.290 e. The highest BCUT2D eigenvalue weighted by Crippen LogP contribution is 2.26. The Morgan fingerprint density at radius 3 is 2.53 bits per heavy atom. The van der Waals surface area contributed by atoms with E-state index in [1.165, 1.54) is 0 Å². The molecule has 1 atom stereocenters. The molecule has 1 aromatic carbocycles. The topological polar surface area (TPSA) is 86.1 Å². The molecule has 2 saturated heterocycles. The number of carbonyl (C=O) groups is 2. The SMILES string of the molecule is COc1ccccc1CC(=O)N1CCOC2(C1)CN(C(=O)c1nccn1C)CCO2. The number of hydrogen-bond donors (Lipinski definition) is 0. The Morgan fingerprint density at radius 1 is 1.13 bits per heavy atom. The Balaban J connectivity index is 1.45. The second-order valence-electron chi connectivity index (χ2n) is 7.50. The number of imidazole rings is 1. The van der Waals surface area contributed by atoms with E-state index in [4.69, 9.17) is 14.2 Å². The third-order valence-electron chi connectivity index (χ3n) is 5.50. The first-order valence-electron chi connectivity index (χ1n) is 9.95. The first-order chi connectivity index (χ1) is 14.5. The molecule has 0 N–H and O–H groups in total. The molecule has 1 aromatic heterocycles. The number of amides is 2. The highest BCUT2D eigenvalue weighted by molar-refractivity contribution is 5.91. The largest absolute Gasteiger partial charge is 0.496 e. The maximum absolute atomic E-state index is 13.0. The molecule has 0 bridgehead atoms. The molecule has 2 aromatic rings. The predicted molar refractivity (Wildman–Crippen MR) is 107 cm³/mol. The van der Waals surface area contributed by atoms with Gasteiger partial charge in [0.1, 0.15) is 5.75 Å². The van der Waals surface area contributed by atoms with Gasteiger partial charge in [0.2, 0.25) is 11.7 Å². The van der Waals surface area contributed by atoms with Crippen molar-refractivity contribution in [1.29, 1.82) is 0 Å². The number of methoxy groups -OCH3 is 1. The minimum atomic E-state index is -1.02. The third kappa shape index (κ3) is 4.03. The lowest BCUT2D eigenvalue weighted by atomic mass is 10.1. The standard InChI is InChI=1S/C21H26N4O5/c1-23-8-7-22-19(23)20(27)25-10-12-30-21(15-25)14-24(9-11-29-21)18(26)13-16-5-3-4-6-17(16)28-2/h3-8H,9-15H2,1-2H3. The molecule has 2 aliphatic rings. The zero-order valence-electron chi connectivity index (χ0n) is 17.2. The minimum absolute atomic E-state index is 0.0293. The summed E-state index contributed by atoms with van der Waals surface area (Å²) in [5, 5.41) is 0. The van der Waals surface area contributed by atoms with Crippen LogP contribution in [0.1, 0.15) is 16.2 Å². The molecule has 0 aliphatic carbocycles. The van der Waals surface area contributed by atoms with Crippen LogP contribution < -0.4 is 4.74 Å². The van der Waals surface area contributed by atoms with Crippen LogP contribution in [0, 0.1) is 0 Å². The van der Waals surface area contributed by atoms with Gasteiger partial charge in [-0.05, 0) is 6.07 Å². The quantitative estimate of drug-likeness (QED) is 0.732. The van der Waals surface area contributed by atoms with Crippen LogP contribution in [0.5, 0.6) is 5.75 Å². The van der Waals surface area contributed by atoms with Crippen LogP contribution in [0.15, 0.2) is 36.7 Å². The molecule has 0 radical (unpaired) electrons. The average molecular weight is 414 g/mol. The normalized spacial score (nSPS) is 21.7. The molecule has 4 rings (SSSR count). The zero-order chi connectivity index (χ0) is 21.1. The van der Waals surface area contributed by atoms with Crippen LogP contribution in [-0.4, -0.2) is 83.5 Å². The number of rotatable bonds is 4. The number of aryl methyl sites for hydroxylation is 1. The molecular formula is C21H26N4O5. The van der Waals surface area contributed by atoms with Crippen LogP contribution >= 0.6 is 0 Å². The Hall–Kier alpha value is -2.91. The minimum Gasteiger partial charge on any atom is -0.496 e. The molecule has 2 fully saturated rings. The lowest BCUT2D eigenvalue weighted by molar-refractivity contribution is -0.284. The van der Waals surface area contributed by atoms with Crippen molar-refractivity contribution in [2.75, 3.05) is 46.5 Å². The Morgan fingerprint density at radius 2 is 1.83 bits per heavy atom. The van der Waals surface area contributed by atoms with Gasteiger partial charge in [-0.25, -0.2) is 4.98 Å². The van der Waals surface area contributed by atoms with E-state index in [0.29, 0.717) is 37.9 Å². The molecule has 1 unspecified atom stereocenters. The van der Waals surface area contributed by atoms with E-state index in [1.54, 1.807) is 40.9 Å². The summed E-state index contributed by atoms with van der Waals surface area (Å²) in [6.45, 7) is 2.13. The van der Waals surface area contributed by atoms with Crippen LogP contribution in [-0.2, 0) is 27.7 Å². The van der Waals surface area contributed by atoms with E-state index in [-0.39, 0.29) is 31.3 Å². The number of ether oxygens (including phenoxy) is 3. The number of carbonyl (C=O) groups excluding carboxylic acids is 2. The van der Waals surface area contributed by atoms with Crippen molar-refractivity contribution < 1.29 is 23.8 Å². The summed E-state index contributed by atoms with van der Waals surface area (Å²) in [7, 11) is 3.38. The third-order valence-corrected chi connectivity index (χ3v) is 5.50. The second-order valence-corrected chi connectivity index (χ2v) is 7.50. The fraction of sp³-hybridized carbons (Fsp3) is 0.476. The zero-order valence-corrected chi connectivity index (χ0v) is 17.2. The smallest absolute Gasteiger partial charge is 0.290 e.